The van der Waals surface area contributed by atoms with E-state index in [1.165, 1.54) is 6.92 Å². The first kappa shape index (κ1) is 15.3. The van der Waals surface area contributed by atoms with Crippen molar-refractivity contribution in [2.24, 2.45) is 0 Å². The van der Waals surface area contributed by atoms with Crippen LogP contribution in [0.2, 0.25) is 0 Å². The minimum atomic E-state index is -1.28. The molecule has 0 aliphatic heterocycles. The number of carboxylic acids is 1. The van der Waals surface area contributed by atoms with E-state index in [4.69, 9.17) is 9.52 Å². The van der Waals surface area contributed by atoms with E-state index in [9.17, 15) is 9.59 Å². The van der Waals surface area contributed by atoms with Gasteiger partial charge in [-0.3, -0.25) is 4.79 Å². The number of furan rings is 1. The fourth-order valence-electron chi connectivity index (χ4n) is 1.78. The number of hydrogen-bond donors (Lipinski definition) is 2. The van der Waals surface area contributed by atoms with Gasteiger partial charge in [-0.15, -0.1) is 0 Å². The summed E-state index contributed by atoms with van der Waals surface area (Å²) >= 11 is 0. The van der Waals surface area contributed by atoms with Crippen molar-refractivity contribution in [3.05, 3.63) is 23.2 Å². The molecule has 0 fully saturated rings. The second-order valence-corrected chi connectivity index (χ2v) is 4.71. The lowest BCUT2D eigenvalue weighted by Crippen LogP contribution is -2.51. The van der Waals surface area contributed by atoms with E-state index in [0.29, 0.717) is 12.8 Å². The fourth-order valence-corrected chi connectivity index (χ4v) is 1.78. The van der Waals surface area contributed by atoms with Crippen molar-refractivity contribution in [3.63, 3.8) is 0 Å². The van der Waals surface area contributed by atoms with Gasteiger partial charge in [0.1, 0.15) is 11.3 Å². The maximum Gasteiger partial charge on any atom is 0.329 e. The molecule has 0 aliphatic carbocycles. The molecule has 0 bridgehead atoms. The molecule has 0 radical (unpaired) electrons. The summed E-state index contributed by atoms with van der Waals surface area (Å²) in [6, 6.07) is 1.69. The normalized spacial score (nSPS) is 13.9. The summed E-state index contributed by atoms with van der Waals surface area (Å²) in [6.07, 6.45) is 1.79. The van der Waals surface area contributed by atoms with E-state index >= 15 is 0 Å². The Hall–Kier alpha value is -1.78. The summed E-state index contributed by atoms with van der Waals surface area (Å²) in [6.45, 7) is 7.13. The van der Waals surface area contributed by atoms with E-state index in [1.807, 2.05) is 13.8 Å². The van der Waals surface area contributed by atoms with Gasteiger partial charge in [0.05, 0.1) is 0 Å². The molecule has 0 saturated carbocycles. The zero-order chi connectivity index (χ0) is 14.6. The topological polar surface area (TPSA) is 79.5 Å². The second kappa shape index (κ2) is 5.91. The predicted molar refractivity (Wildman–Crippen MR) is 71.3 cm³/mol. The quantitative estimate of drug-likeness (QED) is 0.829. The monoisotopic (exact) mass is 267 g/mol. The van der Waals surface area contributed by atoms with Gasteiger partial charge in [0.25, 0.3) is 5.91 Å². The molecule has 1 heterocycles. The first-order valence-electron chi connectivity index (χ1n) is 6.55. The lowest BCUT2D eigenvalue weighted by Gasteiger charge is -2.23. The molecule has 5 nitrogen and oxygen atoms in total. The standard InChI is InChI=1S/C14H21NO4/c1-5-9-8-11(19-10(9)6-2)12(16)15-14(4,7-3)13(17)18/h8H,5-7H2,1-4H3,(H,15,16)(H,17,18). The van der Waals surface area contributed by atoms with Crippen LogP contribution in [0.15, 0.2) is 10.5 Å². The zero-order valence-electron chi connectivity index (χ0n) is 11.9. The van der Waals surface area contributed by atoms with Gasteiger partial charge in [0, 0.05) is 6.42 Å². The predicted octanol–water partition coefficient (Wildman–Crippen LogP) is 2.39. The summed E-state index contributed by atoms with van der Waals surface area (Å²) in [5, 5.41) is 11.7. The third-order valence-electron chi connectivity index (χ3n) is 3.39. The lowest BCUT2D eigenvalue weighted by molar-refractivity contribution is -0.143. The number of amides is 1. The van der Waals surface area contributed by atoms with Crippen LogP contribution in [0.3, 0.4) is 0 Å². The Morgan fingerprint density at radius 3 is 2.32 bits per heavy atom. The fraction of sp³-hybridized carbons (Fsp3) is 0.571. The molecule has 1 atom stereocenters. The number of carboxylic acid groups (broad SMARTS) is 1. The largest absolute Gasteiger partial charge is 0.480 e. The molecule has 106 valence electrons. The first-order valence-corrected chi connectivity index (χ1v) is 6.55. The van der Waals surface area contributed by atoms with Crippen LogP contribution in [0.4, 0.5) is 0 Å². The maximum absolute atomic E-state index is 12.1. The van der Waals surface area contributed by atoms with E-state index in [1.54, 1.807) is 13.0 Å². The van der Waals surface area contributed by atoms with Crippen molar-refractivity contribution in [2.45, 2.75) is 52.5 Å². The Bertz CT molecular complexity index is 456. The molecule has 1 aromatic rings. The summed E-state index contributed by atoms with van der Waals surface area (Å²) < 4.78 is 5.48. The summed E-state index contributed by atoms with van der Waals surface area (Å²) in [5.74, 6) is -0.585. The smallest absolute Gasteiger partial charge is 0.329 e. The SMILES string of the molecule is CCc1cc(C(=O)NC(C)(CC)C(=O)O)oc1CC. The van der Waals surface area contributed by atoms with Crippen LogP contribution in [0.25, 0.3) is 0 Å². The van der Waals surface area contributed by atoms with Gasteiger partial charge in [0.15, 0.2) is 5.76 Å². The van der Waals surface area contributed by atoms with E-state index < -0.39 is 17.4 Å². The van der Waals surface area contributed by atoms with Gasteiger partial charge >= 0.3 is 5.97 Å². The summed E-state index contributed by atoms with van der Waals surface area (Å²) in [5.41, 5.74) is -0.288. The maximum atomic E-state index is 12.1. The summed E-state index contributed by atoms with van der Waals surface area (Å²) in [7, 11) is 0. The zero-order valence-corrected chi connectivity index (χ0v) is 11.9. The van der Waals surface area contributed by atoms with Crippen LogP contribution in [-0.2, 0) is 17.6 Å². The molecule has 0 spiro atoms. The van der Waals surface area contributed by atoms with Crippen molar-refractivity contribution in [1.29, 1.82) is 0 Å². The Kier molecular flexibility index (Phi) is 4.75. The molecule has 0 aliphatic rings. The Morgan fingerprint density at radius 2 is 1.95 bits per heavy atom. The van der Waals surface area contributed by atoms with Crippen molar-refractivity contribution in [1.82, 2.24) is 5.32 Å². The minimum Gasteiger partial charge on any atom is -0.480 e. The molecular formula is C14H21NO4. The third kappa shape index (κ3) is 3.16. The van der Waals surface area contributed by atoms with Crippen LogP contribution in [-0.4, -0.2) is 22.5 Å². The van der Waals surface area contributed by atoms with Gasteiger partial charge in [0.2, 0.25) is 0 Å². The van der Waals surface area contributed by atoms with Gasteiger partial charge in [-0.2, -0.15) is 0 Å². The molecule has 0 saturated heterocycles. The van der Waals surface area contributed by atoms with Crippen LogP contribution in [0.1, 0.15) is 56.0 Å². The molecule has 2 N–H and O–H groups in total. The molecule has 1 amide bonds. The molecule has 1 aromatic heterocycles. The van der Waals surface area contributed by atoms with Crippen LogP contribution >= 0.6 is 0 Å². The van der Waals surface area contributed by atoms with E-state index in [-0.39, 0.29) is 5.76 Å². The lowest BCUT2D eigenvalue weighted by atomic mass is 9.99. The number of aliphatic carboxylic acids is 1. The molecule has 5 heteroatoms. The van der Waals surface area contributed by atoms with E-state index in [2.05, 4.69) is 5.32 Å². The average molecular weight is 267 g/mol. The highest BCUT2D eigenvalue weighted by molar-refractivity contribution is 5.95. The molecule has 1 unspecified atom stereocenters. The molecule has 19 heavy (non-hydrogen) atoms. The van der Waals surface area contributed by atoms with E-state index in [0.717, 1.165) is 17.7 Å². The van der Waals surface area contributed by atoms with Crippen LogP contribution in [0.5, 0.6) is 0 Å². The Balaban J connectivity index is 2.95. The number of rotatable bonds is 6. The number of hydrogen-bond acceptors (Lipinski definition) is 3. The highest BCUT2D eigenvalue weighted by atomic mass is 16.4. The molecule has 0 aromatic carbocycles. The van der Waals surface area contributed by atoms with Crippen molar-refractivity contribution >= 4 is 11.9 Å². The van der Waals surface area contributed by atoms with Crippen molar-refractivity contribution < 1.29 is 19.1 Å². The third-order valence-corrected chi connectivity index (χ3v) is 3.39. The van der Waals surface area contributed by atoms with Gasteiger partial charge in [-0.05, 0) is 31.4 Å². The van der Waals surface area contributed by atoms with Crippen molar-refractivity contribution in [2.75, 3.05) is 0 Å². The molecule has 1 rings (SSSR count). The highest BCUT2D eigenvalue weighted by Gasteiger charge is 2.34. The molecular weight excluding hydrogens is 246 g/mol. The average Bonchev–Trinajstić information content (AvgIpc) is 2.81. The van der Waals surface area contributed by atoms with Gasteiger partial charge in [-0.1, -0.05) is 20.8 Å². The summed E-state index contributed by atoms with van der Waals surface area (Å²) in [4.78, 5) is 23.2. The Labute approximate surface area is 113 Å². The van der Waals surface area contributed by atoms with Gasteiger partial charge in [-0.25, -0.2) is 4.79 Å². The van der Waals surface area contributed by atoms with Crippen LogP contribution < -0.4 is 5.32 Å². The van der Waals surface area contributed by atoms with Gasteiger partial charge < -0.3 is 14.8 Å². The highest BCUT2D eigenvalue weighted by Crippen LogP contribution is 2.18. The Morgan fingerprint density at radius 1 is 1.32 bits per heavy atom. The first-order chi connectivity index (χ1) is 8.87. The number of carbonyl (C=O) groups is 2. The minimum absolute atomic E-state index is 0.176. The van der Waals surface area contributed by atoms with Crippen molar-refractivity contribution in [3.8, 4) is 0 Å². The number of carbonyl (C=O) groups excluding carboxylic acids is 1. The number of aryl methyl sites for hydroxylation is 2. The van der Waals surface area contributed by atoms with Crippen LogP contribution in [0, 0.1) is 0 Å². The number of nitrogens with one attached hydrogen (secondary N) is 1. The second-order valence-electron chi connectivity index (χ2n) is 4.71.